The van der Waals surface area contributed by atoms with E-state index in [0.717, 1.165) is 28.4 Å². The number of hydrogen-bond donors (Lipinski definition) is 1. The van der Waals surface area contributed by atoms with Crippen LogP contribution in [0.25, 0.3) is 0 Å². The van der Waals surface area contributed by atoms with Crippen LogP contribution in [0.1, 0.15) is 30.9 Å². The van der Waals surface area contributed by atoms with E-state index in [2.05, 4.69) is 28.2 Å². The number of carbonyl (C=O) groups excluding carboxylic acids is 2. The maximum absolute atomic E-state index is 13.5. The SMILES string of the molecule is CCCCNC(=O)[C@@H](Cc1ccccc1)N(Cc1ccc(Br)cc1)C(=O)COc1ccccc1. The first-order chi connectivity index (χ1) is 16.6. The summed E-state index contributed by atoms with van der Waals surface area (Å²) in [5, 5.41) is 3.03. The van der Waals surface area contributed by atoms with E-state index < -0.39 is 6.04 Å². The Morgan fingerprint density at radius 3 is 2.21 bits per heavy atom. The van der Waals surface area contributed by atoms with Crippen LogP contribution in [-0.4, -0.2) is 35.9 Å². The zero-order valence-electron chi connectivity index (χ0n) is 19.5. The van der Waals surface area contributed by atoms with Crippen LogP contribution in [0.2, 0.25) is 0 Å². The predicted molar refractivity (Wildman–Crippen MR) is 138 cm³/mol. The zero-order valence-corrected chi connectivity index (χ0v) is 21.0. The van der Waals surface area contributed by atoms with Crippen LogP contribution >= 0.6 is 15.9 Å². The van der Waals surface area contributed by atoms with Gasteiger partial charge in [0.15, 0.2) is 6.61 Å². The van der Waals surface area contributed by atoms with Gasteiger partial charge in [-0.25, -0.2) is 0 Å². The highest BCUT2D eigenvalue weighted by molar-refractivity contribution is 9.10. The molecule has 1 atom stereocenters. The Balaban J connectivity index is 1.86. The lowest BCUT2D eigenvalue weighted by Crippen LogP contribution is -2.51. The molecule has 0 bridgehead atoms. The van der Waals surface area contributed by atoms with Crippen molar-refractivity contribution in [2.24, 2.45) is 0 Å². The summed E-state index contributed by atoms with van der Waals surface area (Å²) in [6.07, 6.45) is 2.30. The first-order valence-corrected chi connectivity index (χ1v) is 12.4. The predicted octanol–water partition coefficient (Wildman–Crippen LogP) is 5.38. The standard InChI is InChI=1S/C28H31BrN2O3/c1-2-3-18-30-28(33)26(19-22-10-6-4-7-11-22)31(20-23-14-16-24(29)17-15-23)27(32)21-34-25-12-8-5-9-13-25/h4-17,26H,2-3,18-21H2,1H3,(H,30,33)/t26-/m1/s1. The summed E-state index contributed by atoms with van der Waals surface area (Å²) in [5.41, 5.74) is 1.94. The summed E-state index contributed by atoms with van der Waals surface area (Å²) >= 11 is 3.46. The number of rotatable bonds is 12. The van der Waals surface area contributed by atoms with Gasteiger partial charge >= 0.3 is 0 Å². The summed E-state index contributed by atoms with van der Waals surface area (Å²) in [4.78, 5) is 28.4. The van der Waals surface area contributed by atoms with Crippen LogP contribution in [-0.2, 0) is 22.6 Å². The van der Waals surface area contributed by atoms with Crippen LogP contribution in [0.4, 0.5) is 0 Å². The number of carbonyl (C=O) groups is 2. The summed E-state index contributed by atoms with van der Waals surface area (Å²) in [6.45, 7) is 2.83. The lowest BCUT2D eigenvalue weighted by atomic mass is 10.0. The van der Waals surface area contributed by atoms with Crippen LogP contribution in [0, 0.1) is 0 Å². The van der Waals surface area contributed by atoms with Crippen molar-refractivity contribution in [3.8, 4) is 5.75 Å². The molecule has 3 aromatic rings. The molecule has 2 amide bonds. The molecule has 0 aliphatic carbocycles. The molecule has 0 radical (unpaired) electrons. The third-order valence-corrected chi connectivity index (χ3v) is 6.00. The van der Waals surface area contributed by atoms with Gasteiger partial charge in [-0.05, 0) is 41.8 Å². The molecule has 1 N–H and O–H groups in total. The molecule has 178 valence electrons. The summed E-state index contributed by atoms with van der Waals surface area (Å²) in [5.74, 6) is 0.229. The Bertz CT molecular complexity index is 1030. The Morgan fingerprint density at radius 2 is 1.56 bits per heavy atom. The van der Waals surface area contributed by atoms with Crippen molar-refractivity contribution in [2.75, 3.05) is 13.2 Å². The third kappa shape index (κ3) is 8.03. The van der Waals surface area contributed by atoms with Gasteiger partial charge in [0.2, 0.25) is 5.91 Å². The average Bonchev–Trinajstić information content (AvgIpc) is 2.87. The van der Waals surface area contributed by atoms with Crippen molar-refractivity contribution in [1.29, 1.82) is 0 Å². The van der Waals surface area contributed by atoms with Gasteiger partial charge in [0, 0.05) is 24.0 Å². The molecule has 34 heavy (non-hydrogen) atoms. The fourth-order valence-corrected chi connectivity index (χ4v) is 3.86. The van der Waals surface area contributed by atoms with Crippen LogP contribution in [0.15, 0.2) is 89.4 Å². The largest absolute Gasteiger partial charge is 0.484 e. The molecule has 5 nitrogen and oxygen atoms in total. The van der Waals surface area contributed by atoms with E-state index in [1.54, 1.807) is 4.90 Å². The van der Waals surface area contributed by atoms with E-state index in [1.165, 1.54) is 0 Å². The Morgan fingerprint density at radius 1 is 0.912 bits per heavy atom. The van der Waals surface area contributed by atoms with Gasteiger partial charge < -0.3 is 15.0 Å². The van der Waals surface area contributed by atoms with Gasteiger partial charge in [-0.1, -0.05) is 89.9 Å². The Kier molecular flexibility index (Phi) is 10.2. The highest BCUT2D eigenvalue weighted by Crippen LogP contribution is 2.18. The monoisotopic (exact) mass is 522 g/mol. The molecule has 0 aromatic heterocycles. The molecule has 0 saturated carbocycles. The molecule has 0 aliphatic heterocycles. The fraction of sp³-hybridized carbons (Fsp3) is 0.286. The lowest BCUT2D eigenvalue weighted by molar-refractivity contribution is -0.142. The van der Waals surface area contributed by atoms with Gasteiger partial charge in [-0.15, -0.1) is 0 Å². The second-order valence-corrected chi connectivity index (χ2v) is 9.02. The maximum atomic E-state index is 13.5. The smallest absolute Gasteiger partial charge is 0.261 e. The topological polar surface area (TPSA) is 58.6 Å². The van der Waals surface area contributed by atoms with Crippen LogP contribution in [0.3, 0.4) is 0 Å². The van der Waals surface area contributed by atoms with Gasteiger partial charge in [-0.2, -0.15) is 0 Å². The van der Waals surface area contributed by atoms with Gasteiger partial charge in [0.05, 0.1) is 0 Å². The number of ether oxygens (including phenoxy) is 1. The van der Waals surface area contributed by atoms with E-state index in [1.807, 2.05) is 84.9 Å². The zero-order chi connectivity index (χ0) is 24.2. The summed E-state index contributed by atoms with van der Waals surface area (Å²) in [7, 11) is 0. The number of para-hydroxylation sites is 1. The Labute approximate surface area is 210 Å². The molecule has 3 aromatic carbocycles. The molecule has 0 aliphatic rings. The van der Waals surface area contributed by atoms with Crippen molar-refractivity contribution in [3.63, 3.8) is 0 Å². The number of amides is 2. The highest BCUT2D eigenvalue weighted by Gasteiger charge is 2.30. The van der Waals surface area contributed by atoms with E-state index in [4.69, 9.17) is 4.74 Å². The fourth-order valence-electron chi connectivity index (χ4n) is 3.59. The third-order valence-electron chi connectivity index (χ3n) is 5.47. The number of nitrogens with zero attached hydrogens (tertiary/aromatic N) is 1. The molecular formula is C28H31BrN2O3. The minimum atomic E-state index is -0.658. The number of unbranched alkanes of at least 4 members (excludes halogenated alkanes) is 1. The lowest BCUT2D eigenvalue weighted by Gasteiger charge is -2.31. The molecular weight excluding hydrogens is 492 g/mol. The maximum Gasteiger partial charge on any atom is 0.261 e. The number of benzene rings is 3. The molecule has 6 heteroatoms. The van der Waals surface area contributed by atoms with Crippen molar-refractivity contribution in [2.45, 2.75) is 38.8 Å². The highest BCUT2D eigenvalue weighted by atomic mass is 79.9. The molecule has 3 rings (SSSR count). The van der Waals surface area contributed by atoms with Gasteiger partial charge in [0.25, 0.3) is 5.91 Å². The first kappa shape index (κ1) is 25.5. The number of halogens is 1. The quantitative estimate of drug-likeness (QED) is 0.324. The second kappa shape index (κ2) is 13.6. The minimum Gasteiger partial charge on any atom is -0.484 e. The van der Waals surface area contributed by atoms with E-state index in [-0.39, 0.29) is 18.4 Å². The van der Waals surface area contributed by atoms with Crippen LogP contribution < -0.4 is 10.1 Å². The van der Waals surface area contributed by atoms with Crippen molar-refractivity contribution < 1.29 is 14.3 Å². The second-order valence-electron chi connectivity index (χ2n) is 8.10. The van der Waals surface area contributed by atoms with Crippen molar-refractivity contribution >= 4 is 27.7 Å². The Hall–Kier alpha value is -3.12. The normalized spacial score (nSPS) is 11.5. The molecule has 0 saturated heterocycles. The van der Waals surface area contributed by atoms with Crippen LogP contribution in [0.5, 0.6) is 5.75 Å². The van der Waals surface area contributed by atoms with Gasteiger partial charge in [-0.3, -0.25) is 9.59 Å². The molecule has 0 spiro atoms. The molecule has 0 fully saturated rings. The average molecular weight is 523 g/mol. The number of hydrogen-bond acceptors (Lipinski definition) is 3. The van der Waals surface area contributed by atoms with Crippen molar-refractivity contribution in [3.05, 3.63) is 101 Å². The molecule has 0 unspecified atom stereocenters. The van der Waals surface area contributed by atoms with E-state index in [0.29, 0.717) is 25.3 Å². The van der Waals surface area contributed by atoms with Crippen molar-refractivity contribution in [1.82, 2.24) is 10.2 Å². The summed E-state index contributed by atoms with van der Waals surface area (Å²) in [6, 6.07) is 26.2. The minimum absolute atomic E-state index is 0.145. The van der Waals surface area contributed by atoms with E-state index in [9.17, 15) is 9.59 Å². The summed E-state index contributed by atoms with van der Waals surface area (Å²) < 4.78 is 6.71. The van der Waals surface area contributed by atoms with E-state index >= 15 is 0 Å². The number of nitrogens with one attached hydrogen (secondary N) is 1. The first-order valence-electron chi connectivity index (χ1n) is 11.6. The van der Waals surface area contributed by atoms with Gasteiger partial charge in [0.1, 0.15) is 11.8 Å². The molecule has 0 heterocycles.